The van der Waals surface area contributed by atoms with Gasteiger partial charge in [0, 0.05) is 24.3 Å². The molecule has 0 saturated carbocycles. The summed E-state index contributed by atoms with van der Waals surface area (Å²) in [6.07, 6.45) is 4.79. The van der Waals surface area contributed by atoms with Gasteiger partial charge in [-0.05, 0) is 42.2 Å². The molecule has 3 rings (SSSR count). The van der Waals surface area contributed by atoms with Crippen LogP contribution in [0.4, 0.5) is 5.69 Å². The van der Waals surface area contributed by atoms with Gasteiger partial charge < -0.3 is 10.1 Å². The first-order chi connectivity index (χ1) is 13.5. The largest absolute Gasteiger partial charge is 0.452 e. The Morgan fingerprint density at radius 1 is 1.18 bits per heavy atom. The summed E-state index contributed by atoms with van der Waals surface area (Å²) >= 11 is 0. The molecule has 2 aromatic heterocycles. The predicted molar refractivity (Wildman–Crippen MR) is 106 cm³/mol. The molecule has 7 heteroatoms. The molecule has 7 nitrogen and oxygen atoms in total. The van der Waals surface area contributed by atoms with Crippen molar-refractivity contribution in [1.82, 2.24) is 14.8 Å². The first-order valence-electron chi connectivity index (χ1n) is 8.98. The monoisotopic (exact) mass is 378 g/mol. The van der Waals surface area contributed by atoms with Crippen LogP contribution in [0.1, 0.15) is 41.3 Å². The minimum absolute atomic E-state index is 0.261. The molecule has 3 aromatic rings. The van der Waals surface area contributed by atoms with Crippen LogP contribution in [0.5, 0.6) is 0 Å². The van der Waals surface area contributed by atoms with Gasteiger partial charge in [0.15, 0.2) is 12.4 Å². The number of ether oxygens (including phenoxy) is 1. The van der Waals surface area contributed by atoms with E-state index in [1.807, 2.05) is 25.1 Å². The average Bonchev–Trinajstić information content (AvgIpc) is 3.22. The number of para-hydroxylation sites is 1. The van der Waals surface area contributed by atoms with E-state index >= 15 is 0 Å². The van der Waals surface area contributed by atoms with E-state index in [1.54, 1.807) is 35.3 Å². The lowest BCUT2D eigenvalue weighted by Gasteiger charge is -2.16. The van der Waals surface area contributed by atoms with Crippen molar-refractivity contribution in [3.05, 3.63) is 71.7 Å². The maximum atomic E-state index is 12.3. The van der Waals surface area contributed by atoms with Crippen LogP contribution in [-0.4, -0.2) is 33.2 Å². The Balaban J connectivity index is 1.60. The molecule has 1 N–H and O–H groups in total. The lowest BCUT2D eigenvalue weighted by molar-refractivity contribution is -0.119. The van der Waals surface area contributed by atoms with Crippen LogP contribution in [-0.2, 0) is 9.53 Å². The summed E-state index contributed by atoms with van der Waals surface area (Å²) in [7, 11) is 0. The molecule has 0 aliphatic rings. The van der Waals surface area contributed by atoms with Crippen LogP contribution in [0.3, 0.4) is 0 Å². The van der Waals surface area contributed by atoms with Crippen LogP contribution in [0.2, 0.25) is 0 Å². The van der Waals surface area contributed by atoms with Gasteiger partial charge >= 0.3 is 5.97 Å². The van der Waals surface area contributed by atoms with Gasteiger partial charge in [0.05, 0.1) is 5.56 Å². The number of pyridine rings is 1. The van der Waals surface area contributed by atoms with Crippen molar-refractivity contribution in [3.8, 4) is 5.82 Å². The van der Waals surface area contributed by atoms with Crippen molar-refractivity contribution in [2.75, 3.05) is 11.9 Å². The van der Waals surface area contributed by atoms with Gasteiger partial charge in [0.2, 0.25) is 0 Å². The third kappa shape index (κ3) is 4.43. The molecular formula is C21H22N4O3. The SMILES string of the molecule is Cc1cccc(C(C)C)c1NC(=O)COC(=O)c1ccc(-n2cccn2)nc1. The number of nitrogens with one attached hydrogen (secondary N) is 1. The zero-order valence-electron chi connectivity index (χ0n) is 16.0. The van der Waals surface area contributed by atoms with E-state index in [4.69, 9.17) is 4.74 Å². The predicted octanol–water partition coefficient (Wildman–Crippen LogP) is 3.49. The van der Waals surface area contributed by atoms with E-state index in [2.05, 4.69) is 29.2 Å². The Hall–Kier alpha value is -3.48. The number of nitrogens with zero attached hydrogens (tertiary/aromatic N) is 3. The van der Waals surface area contributed by atoms with Crippen LogP contribution < -0.4 is 5.32 Å². The second-order valence-electron chi connectivity index (χ2n) is 6.67. The van der Waals surface area contributed by atoms with Gasteiger partial charge in [-0.2, -0.15) is 5.10 Å². The van der Waals surface area contributed by atoms with E-state index in [9.17, 15) is 9.59 Å². The van der Waals surface area contributed by atoms with Crippen LogP contribution in [0.15, 0.2) is 55.0 Å². The van der Waals surface area contributed by atoms with Crippen molar-refractivity contribution in [2.45, 2.75) is 26.7 Å². The fraction of sp³-hybridized carbons (Fsp3) is 0.238. The fourth-order valence-electron chi connectivity index (χ4n) is 2.78. The zero-order valence-corrected chi connectivity index (χ0v) is 16.0. The molecule has 1 aromatic carbocycles. The number of aromatic nitrogens is 3. The molecule has 0 bridgehead atoms. The second-order valence-corrected chi connectivity index (χ2v) is 6.67. The van der Waals surface area contributed by atoms with Gasteiger partial charge in [-0.15, -0.1) is 0 Å². The highest BCUT2D eigenvalue weighted by molar-refractivity contribution is 5.96. The summed E-state index contributed by atoms with van der Waals surface area (Å²) in [5, 5.41) is 6.92. The molecule has 0 aliphatic carbocycles. The fourth-order valence-corrected chi connectivity index (χ4v) is 2.78. The Kier molecular flexibility index (Phi) is 5.84. The number of rotatable bonds is 6. The molecule has 0 atom stereocenters. The number of aryl methyl sites for hydroxylation is 1. The molecule has 1 amide bonds. The Labute approximate surface area is 163 Å². The van der Waals surface area contributed by atoms with Gasteiger partial charge in [0.1, 0.15) is 0 Å². The standard InChI is InChI=1S/C21H22N4O3/c1-14(2)17-7-4-6-15(3)20(17)24-19(26)13-28-21(27)16-8-9-18(22-12-16)25-11-5-10-23-25/h4-12,14H,13H2,1-3H3,(H,24,26). The quantitative estimate of drug-likeness (QED) is 0.664. The molecule has 0 unspecified atom stereocenters. The normalized spacial score (nSPS) is 10.7. The van der Waals surface area contributed by atoms with Crippen molar-refractivity contribution < 1.29 is 14.3 Å². The van der Waals surface area contributed by atoms with E-state index in [1.165, 1.54) is 6.20 Å². The zero-order chi connectivity index (χ0) is 20.1. The van der Waals surface area contributed by atoms with Gasteiger partial charge in [-0.25, -0.2) is 14.5 Å². The van der Waals surface area contributed by atoms with Gasteiger partial charge in [0.25, 0.3) is 5.91 Å². The van der Waals surface area contributed by atoms with Crippen molar-refractivity contribution in [2.24, 2.45) is 0 Å². The van der Waals surface area contributed by atoms with E-state index in [0.717, 1.165) is 16.8 Å². The molecule has 0 fully saturated rings. The van der Waals surface area contributed by atoms with Crippen LogP contribution in [0.25, 0.3) is 5.82 Å². The first-order valence-corrected chi connectivity index (χ1v) is 8.98. The number of carbonyl (C=O) groups is 2. The summed E-state index contributed by atoms with van der Waals surface area (Å²) < 4.78 is 6.70. The Bertz CT molecular complexity index is 964. The highest BCUT2D eigenvalue weighted by Gasteiger charge is 2.15. The van der Waals surface area contributed by atoms with Gasteiger partial charge in [-0.1, -0.05) is 32.0 Å². The number of esters is 1. The minimum atomic E-state index is -0.608. The topological polar surface area (TPSA) is 86.1 Å². The number of carbonyl (C=O) groups excluding carboxylic acids is 2. The Morgan fingerprint density at radius 3 is 2.64 bits per heavy atom. The molecule has 28 heavy (non-hydrogen) atoms. The minimum Gasteiger partial charge on any atom is -0.452 e. The summed E-state index contributed by atoms with van der Waals surface area (Å²) in [6.45, 7) is 5.68. The molecule has 144 valence electrons. The molecular weight excluding hydrogens is 356 g/mol. The lowest BCUT2D eigenvalue weighted by atomic mass is 9.98. The maximum absolute atomic E-state index is 12.3. The van der Waals surface area contributed by atoms with E-state index < -0.39 is 5.97 Å². The van der Waals surface area contributed by atoms with Crippen molar-refractivity contribution in [3.63, 3.8) is 0 Å². The Morgan fingerprint density at radius 2 is 2.00 bits per heavy atom. The van der Waals surface area contributed by atoms with Gasteiger partial charge in [-0.3, -0.25) is 4.79 Å². The highest BCUT2D eigenvalue weighted by Crippen LogP contribution is 2.27. The van der Waals surface area contributed by atoms with Crippen LogP contribution in [0, 0.1) is 6.92 Å². The molecule has 2 heterocycles. The third-order valence-corrected chi connectivity index (χ3v) is 4.25. The summed E-state index contributed by atoms with van der Waals surface area (Å²) in [5.74, 6) is -0.147. The number of anilines is 1. The molecule has 0 radical (unpaired) electrons. The molecule has 0 aliphatic heterocycles. The summed E-state index contributed by atoms with van der Waals surface area (Å²) in [4.78, 5) is 28.6. The van der Waals surface area contributed by atoms with E-state index in [-0.39, 0.29) is 24.0 Å². The highest BCUT2D eigenvalue weighted by atomic mass is 16.5. The maximum Gasteiger partial charge on any atom is 0.340 e. The molecule has 0 saturated heterocycles. The number of benzene rings is 1. The number of amides is 1. The summed E-state index contributed by atoms with van der Waals surface area (Å²) in [5.41, 5.74) is 3.04. The first kappa shape index (κ1) is 19.3. The average molecular weight is 378 g/mol. The second kappa shape index (κ2) is 8.47. The third-order valence-electron chi connectivity index (χ3n) is 4.25. The smallest absolute Gasteiger partial charge is 0.340 e. The molecule has 0 spiro atoms. The van der Waals surface area contributed by atoms with E-state index in [0.29, 0.717) is 5.82 Å². The van der Waals surface area contributed by atoms with Crippen molar-refractivity contribution in [1.29, 1.82) is 0 Å². The van der Waals surface area contributed by atoms with Crippen LogP contribution >= 0.6 is 0 Å². The van der Waals surface area contributed by atoms with Crippen molar-refractivity contribution >= 4 is 17.6 Å². The lowest BCUT2D eigenvalue weighted by Crippen LogP contribution is -2.22. The number of hydrogen-bond acceptors (Lipinski definition) is 5. The summed E-state index contributed by atoms with van der Waals surface area (Å²) in [6, 6.07) is 10.9. The number of hydrogen-bond donors (Lipinski definition) is 1.